The van der Waals surface area contributed by atoms with Crippen LogP contribution in [0.4, 0.5) is 0 Å². The number of nitrogens with two attached hydrogens (primary N) is 2. The molecule has 1 aromatic rings. The molecule has 6 N–H and O–H groups in total. The Hall–Kier alpha value is -1.83. The van der Waals surface area contributed by atoms with E-state index in [1.54, 1.807) is 17.0 Å². The fourth-order valence-corrected chi connectivity index (χ4v) is 5.40. The maximum absolute atomic E-state index is 13.1. The highest BCUT2D eigenvalue weighted by molar-refractivity contribution is 5.97. The number of hydrogen-bond acceptors (Lipinski definition) is 4. The Morgan fingerprint density at radius 1 is 1.12 bits per heavy atom. The van der Waals surface area contributed by atoms with Gasteiger partial charge in [0.05, 0.1) is 6.04 Å². The summed E-state index contributed by atoms with van der Waals surface area (Å²) in [4.78, 5) is 28.0. The molecule has 0 spiro atoms. The van der Waals surface area contributed by atoms with Gasteiger partial charge in [0.15, 0.2) is 0 Å². The van der Waals surface area contributed by atoms with E-state index in [9.17, 15) is 9.59 Å². The molecule has 1 heterocycles. The van der Waals surface area contributed by atoms with Crippen molar-refractivity contribution in [3.05, 3.63) is 35.4 Å². The topological polar surface area (TPSA) is 125 Å². The minimum Gasteiger partial charge on any atom is -0.384 e. The number of carbonyl (C=O) groups is 2. The average Bonchev–Trinajstić information content (AvgIpc) is 3.37. The van der Waals surface area contributed by atoms with E-state index >= 15 is 0 Å². The van der Waals surface area contributed by atoms with Crippen molar-refractivity contribution in [1.29, 1.82) is 5.41 Å². The number of likely N-dealkylation sites (tertiary alicyclic amines) is 1. The van der Waals surface area contributed by atoms with E-state index in [1.165, 1.54) is 19.3 Å². The highest BCUT2D eigenvalue weighted by Gasteiger charge is 2.68. The quantitative estimate of drug-likeness (QED) is 0.351. The van der Waals surface area contributed by atoms with E-state index in [-0.39, 0.29) is 48.4 Å². The van der Waals surface area contributed by atoms with Gasteiger partial charge in [-0.3, -0.25) is 15.0 Å². The van der Waals surface area contributed by atoms with Gasteiger partial charge in [-0.1, -0.05) is 56.4 Å². The first-order valence-corrected chi connectivity index (χ1v) is 11.2. The van der Waals surface area contributed by atoms with Crippen LogP contribution in [0.25, 0.3) is 0 Å². The standard InChI is InChI=1S/C23H33N5O2.2ClH/c24-19(12-15-4-2-1-3-5-15)21(29)28-11-10-18-13-23(18,28)22(30)27-14-16-6-8-17(9-7-16)20(25)26;;/h6-9,15,18-19H,1-5,10-14,24H2,(H3,25,26)(H,27,30);2*1H/t18-,19-,23+;;/m1../s1. The average molecular weight is 484 g/mol. The van der Waals surface area contributed by atoms with Gasteiger partial charge in [0.2, 0.25) is 11.8 Å². The Balaban J connectivity index is 0.00000181. The zero-order valence-corrected chi connectivity index (χ0v) is 20.0. The molecule has 0 bridgehead atoms. The smallest absolute Gasteiger partial charge is 0.246 e. The number of hydrogen-bond donors (Lipinski definition) is 4. The summed E-state index contributed by atoms with van der Waals surface area (Å²) in [5.41, 5.74) is 12.7. The van der Waals surface area contributed by atoms with Crippen LogP contribution in [0.15, 0.2) is 24.3 Å². The largest absolute Gasteiger partial charge is 0.384 e. The number of rotatable bonds is 7. The Bertz CT molecular complexity index is 828. The summed E-state index contributed by atoms with van der Waals surface area (Å²) in [6.07, 6.45) is 8.44. The van der Waals surface area contributed by atoms with Gasteiger partial charge in [-0.2, -0.15) is 0 Å². The number of fused-ring (bicyclic) bond motifs is 1. The minimum absolute atomic E-state index is 0. The first-order chi connectivity index (χ1) is 14.4. The van der Waals surface area contributed by atoms with Gasteiger partial charge in [-0.25, -0.2) is 0 Å². The van der Waals surface area contributed by atoms with Crippen molar-refractivity contribution in [2.45, 2.75) is 69.5 Å². The third-order valence-corrected chi connectivity index (χ3v) is 7.26. The molecule has 1 saturated heterocycles. The molecule has 1 aliphatic heterocycles. The van der Waals surface area contributed by atoms with Crippen LogP contribution in [0, 0.1) is 17.2 Å². The third-order valence-electron chi connectivity index (χ3n) is 7.26. The molecule has 178 valence electrons. The fraction of sp³-hybridized carbons (Fsp3) is 0.609. The predicted molar refractivity (Wildman–Crippen MR) is 130 cm³/mol. The molecule has 7 nitrogen and oxygen atoms in total. The van der Waals surface area contributed by atoms with E-state index in [0.29, 0.717) is 24.6 Å². The predicted octanol–water partition coefficient (Wildman–Crippen LogP) is 2.72. The SMILES string of the molecule is Cl.Cl.N=C(N)c1ccc(CNC(=O)[C@]23C[C@H]2CCN3C(=O)[C@H](N)CC2CCCCC2)cc1. The Labute approximate surface area is 202 Å². The molecule has 3 fully saturated rings. The summed E-state index contributed by atoms with van der Waals surface area (Å²) in [6.45, 7) is 1.02. The number of carbonyl (C=O) groups excluding carboxylic acids is 2. The van der Waals surface area contributed by atoms with Gasteiger partial charge in [0.1, 0.15) is 11.4 Å². The fourth-order valence-electron chi connectivity index (χ4n) is 5.40. The lowest BCUT2D eigenvalue weighted by molar-refractivity contribution is -0.142. The van der Waals surface area contributed by atoms with E-state index in [1.807, 2.05) is 12.1 Å². The number of amides is 2. The first kappa shape index (κ1) is 26.4. The number of piperidine rings is 1. The number of nitrogens with one attached hydrogen (secondary N) is 2. The summed E-state index contributed by atoms with van der Waals surface area (Å²) in [5, 5.41) is 10.5. The zero-order valence-electron chi connectivity index (χ0n) is 18.3. The molecule has 32 heavy (non-hydrogen) atoms. The second-order valence-electron chi connectivity index (χ2n) is 9.24. The summed E-state index contributed by atoms with van der Waals surface area (Å²) in [6, 6.07) is 6.76. The number of nitrogens with zero attached hydrogens (tertiary/aromatic N) is 1. The molecule has 0 aromatic heterocycles. The van der Waals surface area contributed by atoms with Crippen molar-refractivity contribution >= 4 is 42.5 Å². The van der Waals surface area contributed by atoms with Gasteiger partial charge >= 0.3 is 0 Å². The second kappa shape index (κ2) is 10.9. The van der Waals surface area contributed by atoms with Gasteiger partial charge < -0.3 is 21.7 Å². The normalized spacial score (nSPS) is 25.0. The molecule has 4 rings (SSSR count). The lowest BCUT2D eigenvalue weighted by atomic mass is 9.84. The van der Waals surface area contributed by atoms with E-state index in [2.05, 4.69) is 5.32 Å². The van der Waals surface area contributed by atoms with Crippen LogP contribution in [-0.2, 0) is 16.1 Å². The molecular formula is C23H35Cl2N5O2. The number of amidine groups is 1. The molecule has 0 radical (unpaired) electrons. The van der Waals surface area contributed by atoms with Crippen LogP contribution in [0.1, 0.15) is 62.5 Å². The van der Waals surface area contributed by atoms with Crippen molar-refractivity contribution < 1.29 is 9.59 Å². The van der Waals surface area contributed by atoms with Gasteiger partial charge in [0, 0.05) is 18.7 Å². The van der Waals surface area contributed by atoms with Crippen molar-refractivity contribution in [2.75, 3.05) is 6.54 Å². The number of nitrogen functional groups attached to an aromatic ring is 1. The summed E-state index contributed by atoms with van der Waals surface area (Å²) in [5.74, 6) is 0.692. The second-order valence-corrected chi connectivity index (χ2v) is 9.24. The Kier molecular flexibility index (Phi) is 8.97. The molecule has 2 aliphatic carbocycles. The molecule has 3 aliphatic rings. The molecule has 2 amide bonds. The molecule has 3 atom stereocenters. The van der Waals surface area contributed by atoms with Crippen LogP contribution < -0.4 is 16.8 Å². The van der Waals surface area contributed by atoms with E-state index in [0.717, 1.165) is 37.7 Å². The van der Waals surface area contributed by atoms with Gasteiger partial charge in [-0.05, 0) is 36.7 Å². The molecule has 2 saturated carbocycles. The molecule has 9 heteroatoms. The third kappa shape index (κ3) is 5.21. The van der Waals surface area contributed by atoms with E-state index in [4.69, 9.17) is 16.9 Å². The summed E-state index contributed by atoms with van der Waals surface area (Å²) in [7, 11) is 0. The summed E-state index contributed by atoms with van der Waals surface area (Å²) >= 11 is 0. The first-order valence-electron chi connectivity index (χ1n) is 11.2. The molecule has 1 aromatic carbocycles. The van der Waals surface area contributed by atoms with Crippen LogP contribution in [0.5, 0.6) is 0 Å². The minimum atomic E-state index is -0.694. The highest BCUT2D eigenvalue weighted by Crippen LogP contribution is 2.56. The van der Waals surface area contributed by atoms with Crippen molar-refractivity contribution in [1.82, 2.24) is 10.2 Å². The van der Waals surface area contributed by atoms with Crippen LogP contribution >= 0.6 is 24.8 Å². The molecule has 0 unspecified atom stereocenters. The van der Waals surface area contributed by atoms with Gasteiger partial charge in [0.25, 0.3) is 0 Å². The van der Waals surface area contributed by atoms with Crippen molar-refractivity contribution in [2.24, 2.45) is 23.3 Å². The van der Waals surface area contributed by atoms with Crippen LogP contribution in [0.3, 0.4) is 0 Å². The maximum atomic E-state index is 13.1. The van der Waals surface area contributed by atoms with Gasteiger partial charge in [-0.15, -0.1) is 24.8 Å². The number of halogens is 2. The van der Waals surface area contributed by atoms with Crippen LogP contribution in [-0.4, -0.2) is 40.7 Å². The van der Waals surface area contributed by atoms with Crippen molar-refractivity contribution in [3.8, 4) is 0 Å². The zero-order chi connectivity index (χ0) is 21.3. The Morgan fingerprint density at radius 2 is 1.78 bits per heavy atom. The van der Waals surface area contributed by atoms with Crippen LogP contribution in [0.2, 0.25) is 0 Å². The van der Waals surface area contributed by atoms with Crippen molar-refractivity contribution in [3.63, 3.8) is 0 Å². The Morgan fingerprint density at radius 3 is 2.38 bits per heavy atom. The van der Waals surface area contributed by atoms with E-state index < -0.39 is 11.6 Å². The monoisotopic (exact) mass is 483 g/mol. The highest BCUT2D eigenvalue weighted by atomic mass is 35.5. The lowest BCUT2D eigenvalue weighted by Gasteiger charge is -2.31. The molecular weight excluding hydrogens is 449 g/mol. The number of benzene rings is 1. The lowest BCUT2D eigenvalue weighted by Crippen LogP contribution is -2.54. The maximum Gasteiger partial charge on any atom is 0.246 e. The summed E-state index contributed by atoms with van der Waals surface area (Å²) < 4.78 is 0.